The first-order valence-electron chi connectivity index (χ1n) is 6.26. The van der Waals surface area contributed by atoms with Gasteiger partial charge in [0, 0.05) is 13.1 Å². The van der Waals surface area contributed by atoms with E-state index in [1.54, 1.807) is 23.1 Å². The van der Waals surface area contributed by atoms with Crippen LogP contribution < -0.4 is 0 Å². The first-order chi connectivity index (χ1) is 8.22. The third kappa shape index (κ3) is 2.65. The monoisotopic (exact) mass is 235 g/mol. The van der Waals surface area contributed by atoms with Crippen LogP contribution in [-0.4, -0.2) is 23.9 Å². The normalized spacial score (nSPS) is 19.6. The van der Waals surface area contributed by atoms with Gasteiger partial charge in [-0.05, 0) is 30.9 Å². The van der Waals surface area contributed by atoms with E-state index in [1.165, 1.54) is 6.07 Å². The molecule has 1 aromatic rings. The molecule has 1 heterocycles. The van der Waals surface area contributed by atoms with Crippen LogP contribution in [0.2, 0.25) is 0 Å². The lowest BCUT2D eigenvalue weighted by atomic mass is 10.0. The highest BCUT2D eigenvalue weighted by molar-refractivity contribution is 5.94. The fourth-order valence-electron chi connectivity index (χ4n) is 2.47. The van der Waals surface area contributed by atoms with Crippen LogP contribution in [0.4, 0.5) is 4.39 Å². The highest BCUT2D eigenvalue weighted by Gasteiger charge is 2.27. The molecule has 0 aromatic heterocycles. The maximum absolute atomic E-state index is 13.5. The largest absolute Gasteiger partial charge is 0.338 e. The second-order valence-electron chi connectivity index (χ2n) is 4.67. The van der Waals surface area contributed by atoms with Gasteiger partial charge in [-0.25, -0.2) is 4.39 Å². The predicted octanol–water partition coefficient (Wildman–Crippen LogP) is 3.09. The minimum Gasteiger partial charge on any atom is -0.338 e. The number of nitrogens with zero attached hydrogens (tertiary/aromatic N) is 1. The molecule has 0 bridgehead atoms. The highest BCUT2D eigenvalue weighted by atomic mass is 19.1. The number of carbonyl (C=O) groups is 1. The van der Waals surface area contributed by atoms with Crippen molar-refractivity contribution in [3.05, 3.63) is 35.6 Å². The van der Waals surface area contributed by atoms with Gasteiger partial charge in [0.1, 0.15) is 5.82 Å². The Bertz CT molecular complexity index is 405. The van der Waals surface area contributed by atoms with Crippen molar-refractivity contribution in [1.29, 1.82) is 0 Å². The Morgan fingerprint density at radius 1 is 1.47 bits per heavy atom. The molecule has 2 rings (SSSR count). The molecular weight excluding hydrogens is 217 g/mol. The van der Waals surface area contributed by atoms with Crippen molar-refractivity contribution in [3.8, 4) is 0 Å². The van der Waals surface area contributed by atoms with Crippen LogP contribution in [0, 0.1) is 11.7 Å². The van der Waals surface area contributed by atoms with Crippen LogP contribution in [0.3, 0.4) is 0 Å². The Labute approximate surface area is 101 Å². The first-order valence-corrected chi connectivity index (χ1v) is 6.26. The molecule has 3 heteroatoms. The van der Waals surface area contributed by atoms with E-state index in [0.29, 0.717) is 5.92 Å². The van der Waals surface area contributed by atoms with Gasteiger partial charge in [-0.1, -0.05) is 25.5 Å². The zero-order chi connectivity index (χ0) is 12.3. The Kier molecular flexibility index (Phi) is 3.77. The fourth-order valence-corrected chi connectivity index (χ4v) is 2.47. The second-order valence-corrected chi connectivity index (χ2v) is 4.67. The first kappa shape index (κ1) is 12.1. The van der Waals surface area contributed by atoms with E-state index in [-0.39, 0.29) is 11.5 Å². The summed E-state index contributed by atoms with van der Waals surface area (Å²) in [6.45, 7) is 3.69. The lowest BCUT2D eigenvalue weighted by molar-refractivity contribution is 0.0782. The van der Waals surface area contributed by atoms with Gasteiger partial charge in [-0.3, -0.25) is 4.79 Å². The molecule has 1 fully saturated rings. The van der Waals surface area contributed by atoms with Gasteiger partial charge in [-0.2, -0.15) is 0 Å². The number of amides is 1. The lowest BCUT2D eigenvalue weighted by Crippen LogP contribution is -2.29. The number of likely N-dealkylation sites (tertiary alicyclic amines) is 1. The molecule has 1 aromatic carbocycles. The average Bonchev–Trinajstić information content (AvgIpc) is 2.78. The second kappa shape index (κ2) is 5.30. The minimum absolute atomic E-state index is 0.165. The van der Waals surface area contributed by atoms with Gasteiger partial charge in [0.25, 0.3) is 5.91 Å². The predicted molar refractivity (Wildman–Crippen MR) is 65.3 cm³/mol. The molecule has 92 valence electrons. The van der Waals surface area contributed by atoms with Crippen molar-refractivity contribution < 1.29 is 9.18 Å². The lowest BCUT2D eigenvalue weighted by Gasteiger charge is -2.16. The molecule has 0 N–H and O–H groups in total. The topological polar surface area (TPSA) is 20.3 Å². The van der Waals surface area contributed by atoms with Gasteiger partial charge in [0.05, 0.1) is 5.56 Å². The van der Waals surface area contributed by atoms with E-state index in [0.717, 1.165) is 32.4 Å². The summed E-state index contributed by atoms with van der Waals surface area (Å²) in [5.41, 5.74) is 0.199. The van der Waals surface area contributed by atoms with Gasteiger partial charge >= 0.3 is 0 Å². The van der Waals surface area contributed by atoms with E-state index >= 15 is 0 Å². The van der Waals surface area contributed by atoms with E-state index in [4.69, 9.17) is 0 Å². The Morgan fingerprint density at radius 2 is 2.24 bits per heavy atom. The Balaban J connectivity index is 2.05. The van der Waals surface area contributed by atoms with E-state index < -0.39 is 5.82 Å². The molecule has 1 aliphatic heterocycles. The summed E-state index contributed by atoms with van der Waals surface area (Å²) in [4.78, 5) is 13.9. The molecule has 0 spiro atoms. The van der Waals surface area contributed by atoms with Crippen LogP contribution >= 0.6 is 0 Å². The number of hydrogen-bond donors (Lipinski definition) is 0. The molecule has 1 aliphatic rings. The summed E-state index contributed by atoms with van der Waals surface area (Å²) >= 11 is 0. The van der Waals surface area contributed by atoms with Gasteiger partial charge in [-0.15, -0.1) is 0 Å². The van der Waals surface area contributed by atoms with Gasteiger partial charge in [0.15, 0.2) is 0 Å². The van der Waals surface area contributed by atoms with E-state index in [9.17, 15) is 9.18 Å². The van der Waals surface area contributed by atoms with Crippen LogP contribution in [0.15, 0.2) is 24.3 Å². The number of carbonyl (C=O) groups excluding carboxylic acids is 1. The minimum atomic E-state index is -0.420. The summed E-state index contributed by atoms with van der Waals surface area (Å²) in [5.74, 6) is 0.00821. The smallest absolute Gasteiger partial charge is 0.256 e. The molecule has 17 heavy (non-hydrogen) atoms. The number of halogens is 1. The average molecular weight is 235 g/mol. The van der Waals surface area contributed by atoms with Crippen LogP contribution in [0.25, 0.3) is 0 Å². The molecule has 1 amide bonds. The summed E-state index contributed by atoms with van der Waals surface area (Å²) in [6.07, 6.45) is 3.35. The maximum atomic E-state index is 13.5. The van der Waals surface area contributed by atoms with Crippen molar-refractivity contribution in [2.45, 2.75) is 26.2 Å². The summed E-state index contributed by atoms with van der Waals surface area (Å²) in [5, 5.41) is 0. The van der Waals surface area contributed by atoms with Crippen molar-refractivity contribution in [2.75, 3.05) is 13.1 Å². The number of rotatable bonds is 3. The fraction of sp³-hybridized carbons (Fsp3) is 0.500. The van der Waals surface area contributed by atoms with Crippen molar-refractivity contribution in [1.82, 2.24) is 4.90 Å². The zero-order valence-electron chi connectivity index (χ0n) is 10.2. The molecule has 1 saturated heterocycles. The SMILES string of the molecule is CCCC1CCN(C(=O)c2ccccc2F)C1. The Hall–Kier alpha value is -1.38. The highest BCUT2D eigenvalue weighted by Crippen LogP contribution is 2.23. The summed E-state index contributed by atoms with van der Waals surface area (Å²) in [7, 11) is 0. The third-order valence-corrected chi connectivity index (χ3v) is 3.37. The summed E-state index contributed by atoms with van der Waals surface area (Å²) < 4.78 is 13.5. The van der Waals surface area contributed by atoms with E-state index in [2.05, 4.69) is 6.92 Å². The van der Waals surface area contributed by atoms with Gasteiger partial charge in [0.2, 0.25) is 0 Å². The molecule has 0 radical (unpaired) electrons. The molecule has 1 unspecified atom stereocenters. The van der Waals surface area contributed by atoms with Crippen molar-refractivity contribution >= 4 is 5.91 Å². The molecule has 0 saturated carbocycles. The van der Waals surface area contributed by atoms with Crippen molar-refractivity contribution in [2.24, 2.45) is 5.92 Å². The molecule has 0 aliphatic carbocycles. The quantitative estimate of drug-likeness (QED) is 0.788. The van der Waals surface area contributed by atoms with Gasteiger partial charge < -0.3 is 4.90 Å². The number of benzene rings is 1. The standard InChI is InChI=1S/C14H18FNO/c1-2-5-11-8-9-16(10-11)14(17)12-6-3-4-7-13(12)15/h3-4,6-7,11H,2,5,8-10H2,1H3. The zero-order valence-corrected chi connectivity index (χ0v) is 10.2. The van der Waals surface area contributed by atoms with Crippen molar-refractivity contribution in [3.63, 3.8) is 0 Å². The van der Waals surface area contributed by atoms with Crippen LogP contribution in [-0.2, 0) is 0 Å². The van der Waals surface area contributed by atoms with Crippen LogP contribution in [0.5, 0.6) is 0 Å². The van der Waals surface area contributed by atoms with Crippen LogP contribution in [0.1, 0.15) is 36.5 Å². The third-order valence-electron chi connectivity index (χ3n) is 3.37. The Morgan fingerprint density at radius 3 is 2.94 bits per heavy atom. The molecule has 2 nitrogen and oxygen atoms in total. The summed E-state index contributed by atoms with van der Waals surface area (Å²) in [6, 6.07) is 6.21. The molecular formula is C14H18FNO. The van der Waals surface area contributed by atoms with E-state index in [1.807, 2.05) is 0 Å². The molecule has 1 atom stereocenters. The maximum Gasteiger partial charge on any atom is 0.256 e. The number of hydrogen-bond acceptors (Lipinski definition) is 1.